The Hall–Kier alpha value is -2.08. The molecule has 0 spiro atoms. The van der Waals surface area contributed by atoms with E-state index < -0.39 is 0 Å². The lowest BCUT2D eigenvalue weighted by atomic mass is 10.0. The Morgan fingerprint density at radius 1 is 1.22 bits per heavy atom. The predicted molar refractivity (Wildman–Crippen MR) is 110 cm³/mol. The van der Waals surface area contributed by atoms with Crippen molar-refractivity contribution in [2.75, 3.05) is 38.0 Å². The molecule has 1 aromatic carbocycles. The summed E-state index contributed by atoms with van der Waals surface area (Å²) in [6, 6.07) is 5.11. The van der Waals surface area contributed by atoms with Crippen molar-refractivity contribution in [3.63, 3.8) is 0 Å². The van der Waals surface area contributed by atoms with Gasteiger partial charge >= 0.3 is 6.03 Å². The quantitative estimate of drug-likeness (QED) is 0.611. The second-order valence-electron chi connectivity index (χ2n) is 7.53. The topological polar surface area (TPSA) is 73.5 Å². The lowest BCUT2D eigenvalue weighted by Gasteiger charge is -2.30. The molecule has 1 aliphatic rings. The van der Waals surface area contributed by atoms with Crippen molar-refractivity contribution in [2.24, 2.45) is 5.92 Å². The summed E-state index contributed by atoms with van der Waals surface area (Å²) in [4.78, 5) is 26.6. The number of nitrogens with one attached hydrogen (secondary N) is 3. The number of anilines is 1. The zero-order valence-electron chi connectivity index (χ0n) is 16.9. The van der Waals surface area contributed by atoms with Gasteiger partial charge in [-0.25, -0.2) is 4.79 Å². The smallest absolute Gasteiger partial charge is 0.319 e. The van der Waals surface area contributed by atoms with Crippen LogP contribution in [0.5, 0.6) is 0 Å². The fourth-order valence-corrected chi connectivity index (χ4v) is 3.48. The number of hydrogen-bond acceptors (Lipinski definition) is 3. The van der Waals surface area contributed by atoms with Gasteiger partial charge in [0.15, 0.2) is 0 Å². The van der Waals surface area contributed by atoms with Crippen LogP contribution in [0.25, 0.3) is 0 Å². The van der Waals surface area contributed by atoms with Crippen LogP contribution < -0.4 is 16.0 Å². The van der Waals surface area contributed by atoms with Gasteiger partial charge in [-0.1, -0.05) is 13.0 Å². The van der Waals surface area contributed by atoms with E-state index in [1.54, 1.807) is 12.1 Å². The number of aryl methyl sites for hydroxylation is 1. The molecule has 6 nitrogen and oxygen atoms in total. The van der Waals surface area contributed by atoms with E-state index in [4.69, 9.17) is 0 Å². The standard InChI is InChI=1S/C21H34N4O2/c1-4-22-20(26)18-10-9-17(3)19(14-18)24-21(27)23-11-5-6-12-25-13-7-8-16(2)15-25/h9-10,14,16H,4-8,11-13,15H2,1-3H3,(H,22,26)(H2,23,24,27). The van der Waals surface area contributed by atoms with E-state index in [1.807, 2.05) is 19.9 Å². The van der Waals surface area contributed by atoms with Crippen LogP contribution >= 0.6 is 0 Å². The summed E-state index contributed by atoms with van der Waals surface area (Å²) in [7, 11) is 0. The number of carbonyl (C=O) groups is 2. The average molecular weight is 375 g/mol. The van der Waals surface area contributed by atoms with E-state index in [-0.39, 0.29) is 11.9 Å². The molecule has 1 heterocycles. The summed E-state index contributed by atoms with van der Waals surface area (Å²) in [6.07, 6.45) is 4.71. The minimum atomic E-state index is -0.224. The number of rotatable bonds is 8. The zero-order valence-corrected chi connectivity index (χ0v) is 16.9. The molecule has 3 amide bonds. The molecule has 2 rings (SSSR count). The Morgan fingerprint density at radius 3 is 2.78 bits per heavy atom. The molecule has 3 N–H and O–H groups in total. The number of nitrogens with zero attached hydrogens (tertiary/aromatic N) is 1. The van der Waals surface area contributed by atoms with Crippen LogP contribution in [0.15, 0.2) is 18.2 Å². The molecule has 0 bridgehead atoms. The third-order valence-corrected chi connectivity index (χ3v) is 5.01. The number of unbranched alkanes of at least 4 members (excludes halogenated alkanes) is 1. The first-order chi connectivity index (χ1) is 13.0. The van der Waals surface area contributed by atoms with Gasteiger partial charge in [0.25, 0.3) is 5.91 Å². The van der Waals surface area contributed by atoms with Gasteiger partial charge in [-0.3, -0.25) is 4.79 Å². The van der Waals surface area contributed by atoms with Gasteiger partial charge in [-0.2, -0.15) is 0 Å². The highest BCUT2D eigenvalue weighted by atomic mass is 16.2. The minimum absolute atomic E-state index is 0.131. The van der Waals surface area contributed by atoms with Crippen molar-refractivity contribution in [3.05, 3.63) is 29.3 Å². The van der Waals surface area contributed by atoms with Crippen molar-refractivity contribution >= 4 is 17.6 Å². The average Bonchev–Trinajstić information content (AvgIpc) is 2.63. The van der Waals surface area contributed by atoms with Crippen LogP contribution in [0.1, 0.15) is 55.5 Å². The van der Waals surface area contributed by atoms with Gasteiger partial charge in [0.05, 0.1) is 0 Å². The van der Waals surface area contributed by atoms with E-state index in [2.05, 4.69) is 27.8 Å². The van der Waals surface area contributed by atoms with Crippen LogP contribution in [0.3, 0.4) is 0 Å². The summed E-state index contributed by atoms with van der Waals surface area (Å²) >= 11 is 0. The second-order valence-corrected chi connectivity index (χ2v) is 7.53. The molecule has 0 aliphatic carbocycles. The third kappa shape index (κ3) is 7.21. The molecule has 27 heavy (non-hydrogen) atoms. The van der Waals surface area contributed by atoms with Crippen molar-refractivity contribution < 1.29 is 9.59 Å². The van der Waals surface area contributed by atoms with Crippen LogP contribution in [0.4, 0.5) is 10.5 Å². The lowest BCUT2D eigenvalue weighted by Crippen LogP contribution is -2.35. The van der Waals surface area contributed by atoms with Crippen LogP contribution in [-0.4, -0.2) is 49.6 Å². The van der Waals surface area contributed by atoms with E-state index in [9.17, 15) is 9.59 Å². The molecule has 0 radical (unpaired) electrons. The molecular weight excluding hydrogens is 340 g/mol. The van der Waals surface area contributed by atoms with E-state index >= 15 is 0 Å². The fourth-order valence-electron chi connectivity index (χ4n) is 3.48. The SMILES string of the molecule is CCNC(=O)c1ccc(C)c(NC(=O)NCCCCN2CCCC(C)C2)c1. The number of carbonyl (C=O) groups excluding carboxylic acids is 2. The second kappa shape index (κ2) is 10.9. The molecule has 1 fully saturated rings. The summed E-state index contributed by atoms with van der Waals surface area (Å²) in [5.41, 5.74) is 2.14. The number of piperidine rings is 1. The van der Waals surface area contributed by atoms with Crippen LogP contribution in [0.2, 0.25) is 0 Å². The monoisotopic (exact) mass is 374 g/mol. The number of likely N-dealkylation sites (tertiary alicyclic amines) is 1. The van der Waals surface area contributed by atoms with Crippen molar-refractivity contribution in [1.29, 1.82) is 0 Å². The first-order valence-electron chi connectivity index (χ1n) is 10.2. The Balaban J connectivity index is 1.70. The largest absolute Gasteiger partial charge is 0.352 e. The van der Waals surface area contributed by atoms with Gasteiger partial charge < -0.3 is 20.9 Å². The van der Waals surface area contributed by atoms with Crippen molar-refractivity contribution in [2.45, 2.75) is 46.5 Å². The zero-order chi connectivity index (χ0) is 19.6. The van der Waals surface area contributed by atoms with Gasteiger partial charge in [0, 0.05) is 30.9 Å². The highest BCUT2D eigenvalue weighted by Gasteiger charge is 2.15. The molecule has 1 aromatic rings. The molecule has 0 saturated carbocycles. The van der Waals surface area contributed by atoms with Gasteiger partial charge in [-0.05, 0) is 76.2 Å². The van der Waals surface area contributed by atoms with Gasteiger partial charge in [0.2, 0.25) is 0 Å². The molecular formula is C21H34N4O2. The normalized spacial score (nSPS) is 17.4. The maximum atomic E-state index is 12.1. The highest BCUT2D eigenvalue weighted by Crippen LogP contribution is 2.17. The first-order valence-corrected chi connectivity index (χ1v) is 10.2. The minimum Gasteiger partial charge on any atom is -0.352 e. The summed E-state index contributed by atoms with van der Waals surface area (Å²) < 4.78 is 0. The molecule has 1 unspecified atom stereocenters. The maximum Gasteiger partial charge on any atom is 0.319 e. The molecule has 1 atom stereocenters. The van der Waals surface area contributed by atoms with Gasteiger partial charge in [-0.15, -0.1) is 0 Å². The summed E-state index contributed by atoms with van der Waals surface area (Å²) in [5, 5.41) is 8.53. The van der Waals surface area contributed by atoms with E-state index in [1.165, 1.54) is 25.9 Å². The van der Waals surface area contributed by atoms with Crippen molar-refractivity contribution in [1.82, 2.24) is 15.5 Å². The summed E-state index contributed by atoms with van der Waals surface area (Å²) in [6.45, 7) is 10.9. The highest BCUT2D eigenvalue weighted by molar-refractivity contribution is 5.97. The Kier molecular flexibility index (Phi) is 8.58. The number of amides is 3. The number of urea groups is 1. The van der Waals surface area contributed by atoms with E-state index in [0.717, 1.165) is 30.9 Å². The van der Waals surface area contributed by atoms with Gasteiger partial charge in [0.1, 0.15) is 0 Å². The molecule has 150 valence electrons. The molecule has 1 saturated heterocycles. The molecule has 1 aliphatic heterocycles. The fraction of sp³-hybridized carbons (Fsp3) is 0.619. The van der Waals surface area contributed by atoms with Crippen molar-refractivity contribution in [3.8, 4) is 0 Å². The third-order valence-electron chi connectivity index (χ3n) is 5.01. The number of hydrogen-bond donors (Lipinski definition) is 3. The van der Waals surface area contributed by atoms with Crippen LogP contribution in [-0.2, 0) is 0 Å². The van der Waals surface area contributed by atoms with E-state index in [0.29, 0.717) is 24.3 Å². The Bertz CT molecular complexity index is 633. The predicted octanol–water partition coefficient (Wildman–Crippen LogP) is 3.38. The molecule has 0 aromatic heterocycles. The first kappa shape index (κ1) is 21.2. The maximum absolute atomic E-state index is 12.1. The summed E-state index contributed by atoms with van der Waals surface area (Å²) in [5.74, 6) is 0.675. The Morgan fingerprint density at radius 2 is 2.04 bits per heavy atom. The lowest BCUT2D eigenvalue weighted by molar-refractivity contribution is 0.0956. The molecule has 6 heteroatoms. The number of benzene rings is 1. The van der Waals surface area contributed by atoms with Crippen LogP contribution in [0, 0.1) is 12.8 Å². The Labute approximate surface area is 163 Å².